The summed E-state index contributed by atoms with van der Waals surface area (Å²) >= 11 is 1.40. The van der Waals surface area contributed by atoms with Gasteiger partial charge in [0.05, 0.1) is 11.6 Å². The van der Waals surface area contributed by atoms with Crippen molar-refractivity contribution in [2.45, 2.75) is 23.5 Å². The second-order valence-corrected chi connectivity index (χ2v) is 5.00. The molecule has 3 rings (SSSR count). The van der Waals surface area contributed by atoms with Gasteiger partial charge < -0.3 is 5.32 Å². The molecule has 0 aliphatic heterocycles. The summed E-state index contributed by atoms with van der Waals surface area (Å²) in [5.74, 6) is 0.585. The van der Waals surface area contributed by atoms with Crippen LogP contribution in [-0.4, -0.2) is 36.7 Å². The molecule has 0 aliphatic carbocycles. The van der Waals surface area contributed by atoms with E-state index in [1.807, 2.05) is 0 Å². The first-order valence-corrected chi connectivity index (χ1v) is 7.08. The zero-order valence-corrected chi connectivity index (χ0v) is 11.7. The molecule has 0 fully saturated rings. The Morgan fingerprint density at radius 2 is 2.10 bits per heavy atom. The maximum atomic E-state index is 4.51. The van der Waals surface area contributed by atoms with Crippen molar-refractivity contribution in [2.75, 3.05) is 11.9 Å². The summed E-state index contributed by atoms with van der Waals surface area (Å²) in [6, 6.07) is 1.78. The van der Waals surface area contributed by atoms with Crippen LogP contribution in [0.25, 0.3) is 11.0 Å². The van der Waals surface area contributed by atoms with Gasteiger partial charge in [0.2, 0.25) is 5.95 Å². The fourth-order valence-corrected chi connectivity index (χ4v) is 2.42. The van der Waals surface area contributed by atoms with E-state index in [9.17, 15) is 0 Å². The summed E-state index contributed by atoms with van der Waals surface area (Å²) in [5, 5.41) is 12.4. The molecule has 0 aliphatic rings. The topological polar surface area (TPSA) is 92.3 Å². The lowest BCUT2D eigenvalue weighted by Crippen LogP contribution is -2.05. The van der Waals surface area contributed by atoms with E-state index >= 15 is 0 Å². The molecule has 0 atom stereocenters. The van der Waals surface area contributed by atoms with Crippen LogP contribution in [0.4, 0.5) is 5.95 Å². The third kappa shape index (κ3) is 2.69. The number of H-pyrrole nitrogens is 1. The monoisotopic (exact) mass is 287 g/mol. The maximum Gasteiger partial charge on any atom is 0.225 e. The number of rotatable bonds is 5. The smallest absolute Gasteiger partial charge is 0.225 e. The van der Waals surface area contributed by atoms with Gasteiger partial charge in [-0.2, -0.15) is 10.1 Å². The molecule has 2 N–H and O–H groups in total. The molecule has 7 nitrogen and oxygen atoms in total. The van der Waals surface area contributed by atoms with E-state index in [4.69, 9.17) is 0 Å². The van der Waals surface area contributed by atoms with E-state index in [0.717, 1.165) is 23.4 Å². The minimum atomic E-state index is 0.585. The number of fused-ring (bicyclic) bond motifs is 1. The normalized spacial score (nSPS) is 10.8. The molecule has 0 saturated carbocycles. The van der Waals surface area contributed by atoms with Crippen LogP contribution < -0.4 is 5.32 Å². The molecular weight excluding hydrogens is 274 g/mol. The lowest BCUT2D eigenvalue weighted by molar-refractivity contribution is 0.937. The van der Waals surface area contributed by atoms with Gasteiger partial charge in [0, 0.05) is 18.9 Å². The zero-order chi connectivity index (χ0) is 13.8. The van der Waals surface area contributed by atoms with E-state index in [0.29, 0.717) is 16.8 Å². The molecule has 0 unspecified atom stereocenters. The summed E-state index contributed by atoms with van der Waals surface area (Å²) in [4.78, 5) is 17.3. The van der Waals surface area contributed by atoms with Gasteiger partial charge in [0.1, 0.15) is 5.03 Å². The fourth-order valence-electron chi connectivity index (χ4n) is 1.63. The highest BCUT2D eigenvalue weighted by atomic mass is 32.2. The van der Waals surface area contributed by atoms with Crippen LogP contribution in [-0.2, 0) is 0 Å². The molecule has 0 bridgehead atoms. The van der Waals surface area contributed by atoms with Crippen molar-refractivity contribution in [3.8, 4) is 0 Å². The van der Waals surface area contributed by atoms with Gasteiger partial charge >= 0.3 is 0 Å². The number of aromatic nitrogens is 6. The number of anilines is 1. The summed E-state index contributed by atoms with van der Waals surface area (Å²) in [7, 11) is 0. The highest BCUT2D eigenvalue weighted by Crippen LogP contribution is 2.29. The summed E-state index contributed by atoms with van der Waals surface area (Å²) in [6.45, 7) is 2.92. The Labute approximate surface area is 119 Å². The molecule has 102 valence electrons. The molecule has 0 saturated heterocycles. The van der Waals surface area contributed by atoms with Crippen LogP contribution in [0.1, 0.15) is 13.3 Å². The summed E-state index contributed by atoms with van der Waals surface area (Å²) < 4.78 is 0. The van der Waals surface area contributed by atoms with Gasteiger partial charge in [0.25, 0.3) is 0 Å². The van der Waals surface area contributed by atoms with Crippen molar-refractivity contribution >= 4 is 28.7 Å². The van der Waals surface area contributed by atoms with Crippen LogP contribution in [0.5, 0.6) is 0 Å². The van der Waals surface area contributed by atoms with Crippen molar-refractivity contribution in [1.82, 2.24) is 30.1 Å². The van der Waals surface area contributed by atoms with Crippen LogP contribution in [0.3, 0.4) is 0 Å². The molecule has 8 heteroatoms. The van der Waals surface area contributed by atoms with Gasteiger partial charge in [-0.1, -0.05) is 6.92 Å². The molecule has 3 aromatic rings. The first kappa shape index (κ1) is 12.8. The number of aromatic amines is 1. The number of hydrogen-bond acceptors (Lipinski definition) is 7. The van der Waals surface area contributed by atoms with Gasteiger partial charge in [-0.25, -0.2) is 15.0 Å². The molecule has 3 aromatic heterocycles. The van der Waals surface area contributed by atoms with E-state index in [1.165, 1.54) is 11.8 Å². The molecule has 0 aromatic carbocycles. The molecule has 0 spiro atoms. The van der Waals surface area contributed by atoms with Gasteiger partial charge in [-0.15, -0.1) is 0 Å². The Hall–Kier alpha value is -2.22. The second-order valence-electron chi connectivity index (χ2n) is 4.04. The van der Waals surface area contributed by atoms with Crippen molar-refractivity contribution in [3.63, 3.8) is 0 Å². The van der Waals surface area contributed by atoms with Gasteiger partial charge in [0.15, 0.2) is 10.8 Å². The predicted octanol–water partition coefficient (Wildman–Crippen LogP) is 2.12. The van der Waals surface area contributed by atoms with Crippen LogP contribution in [0.2, 0.25) is 0 Å². The molecule has 0 amide bonds. The number of nitrogens with zero attached hydrogens (tertiary/aromatic N) is 5. The Balaban J connectivity index is 1.97. The van der Waals surface area contributed by atoms with Crippen LogP contribution in [0.15, 0.2) is 34.8 Å². The highest BCUT2D eigenvalue weighted by molar-refractivity contribution is 7.99. The predicted molar refractivity (Wildman–Crippen MR) is 76.6 cm³/mol. The molecule has 20 heavy (non-hydrogen) atoms. The first-order chi connectivity index (χ1) is 9.86. The fraction of sp³-hybridized carbons (Fsp3) is 0.250. The zero-order valence-electron chi connectivity index (χ0n) is 10.9. The number of nitrogens with one attached hydrogen (secondary N) is 2. The first-order valence-electron chi connectivity index (χ1n) is 6.26. The second kappa shape index (κ2) is 5.83. The summed E-state index contributed by atoms with van der Waals surface area (Å²) in [6.07, 6.45) is 6.14. The van der Waals surface area contributed by atoms with E-state index in [-0.39, 0.29) is 0 Å². The molecule has 3 heterocycles. The third-order valence-electron chi connectivity index (χ3n) is 2.54. The van der Waals surface area contributed by atoms with E-state index < -0.39 is 0 Å². The Bertz CT molecular complexity index is 697. The maximum absolute atomic E-state index is 4.51. The quantitative estimate of drug-likeness (QED) is 0.548. The minimum Gasteiger partial charge on any atom is -0.354 e. The highest BCUT2D eigenvalue weighted by Gasteiger charge is 2.11. The average molecular weight is 287 g/mol. The number of hydrogen-bond donors (Lipinski definition) is 2. The Morgan fingerprint density at radius 3 is 2.90 bits per heavy atom. The third-order valence-corrected chi connectivity index (χ3v) is 3.44. The van der Waals surface area contributed by atoms with Crippen LogP contribution in [0, 0.1) is 0 Å². The SMILES string of the molecule is CCCNc1nc(Sc2ncccn2)c2cn[nH]c2n1. The largest absolute Gasteiger partial charge is 0.354 e. The van der Waals surface area contributed by atoms with E-state index in [2.05, 4.69) is 42.4 Å². The Kier molecular flexibility index (Phi) is 3.73. The van der Waals surface area contributed by atoms with Crippen molar-refractivity contribution in [2.24, 2.45) is 0 Å². The van der Waals surface area contributed by atoms with Crippen molar-refractivity contribution < 1.29 is 0 Å². The van der Waals surface area contributed by atoms with Crippen LogP contribution >= 0.6 is 11.8 Å². The van der Waals surface area contributed by atoms with Crippen molar-refractivity contribution in [3.05, 3.63) is 24.7 Å². The average Bonchev–Trinajstić information content (AvgIpc) is 2.95. The molecule has 0 radical (unpaired) electrons. The lowest BCUT2D eigenvalue weighted by atomic mass is 10.4. The summed E-state index contributed by atoms with van der Waals surface area (Å²) in [5.41, 5.74) is 0.706. The Morgan fingerprint density at radius 1 is 1.25 bits per heavy atom. The minimum absolute atomic E-state index is 0.585. The van der Waals surface area contributed by atoms with Gasteiger partial charge in [-0.3, -0.25) is 5.10 Å². The molecular formula is C12H13N7S. The van der Waals surface area contributed by atoms with Crippen molar-refractivity contribution in [1.29, 1.82) is 0 Å². The van der Waals surface area contributed by atoms with E-state index in [1.54, 1.807) is 24.7 Å². The van der Waals surface area contributed by atoms with Gasteiger partial charge in [-0.05, 0) is 24.2 Å². The lowest BCUT2D eigenvalue weighted by Gasteiger charge is -2.05. The standard InChI is InChI=1S/C12H13N7S/c1-2-4-13-11-17-9-8(7-16-19-9)10(18-11)20-12-14-5-3-6-15-12/h3,5-7H,2,4H2,1H3,(H2,13,16,17,18,19).